The van der Waals surface area contributed by atoms with Crippen molar-refractivity contribution in [3.63, 3.8) is 0 Å². The first-order chi connectivity index (χ1) is 10.5. The molecule has 0 radical (unpaired) electrons. The number of nitrogens with zero attached hydrogens (tertiary/aromatic N) is 1. The molecule has 6 heteroatoms. The van der Waals surface area contributed by atoms with Crippen molar-refractivity contribution >= 4 is 46.7 Å². The number of rotatable bonds is 3. The zero-order valence-corrected chi connectivity index (χ0v) is 13.4. The minimum Gasteiger partial charge on any atom is -0.317 e. The molecule has 1 aromatic heterocycles. The first kappa shape index (κ1) is 16.1. The molecular formula is C16H14ClN3OS. The molecule has 0 bridgehead atoms. The minimum absolute atomic E-state index is 0.198. The number of carbonyl (C=O) groups is 1. The Balaban J connectivity index is 1.88. The standard InChI is InChI=1S/C16H14ClN3OS/c1-11-8-9-18-14(10-11)19-16(22)20-15(21)7-4-12-2-5-13(17)6-3-12/h2-10H,1H3,(H2,18,19,20,21,22)/b7-4+. The number of thiocarbonyl (C=S) groups is 1. The van der Waals surface area contributed by atoms with Crippen LogP contribution in [0.1, 0.15) is 11.1 Å². The largest absolute Gasteiger partial charge is 0.317 e. The summed E-state index contributed by atoms with van der Waals surface area (Å²) in [6, 6.07) is 10.9. The van der Waals surface area contributed by atoms with E-state index < -0.39 is 0 Å². The third-order valence-corrected chi connectivity index (χ3v) is 3.15. The molecule has 22 heavy (non-hydrogen) atoms. The van der Waals surface area contributed by atoms with Crippen molar-refractivity contribution in [2.24, 2.45) is 0 Å². The normalized spacial score (nSPS) is 10.5. The van der Waals surface area contributed by atoms with Crippen LogP contribution in [0, 0.1) is 6.92 Å². The molecule has 1 heterocycles. The molecular weight excluding hydrogens is 318 g/mol. The van der Waals surface area contributed by atoms with Crippen LogP contribution >= 0.6 is 23.8 Å². The van der Waals surface area contributed by atoms with E-state index in [2.05, 4.69) is 15.6 Å². The minimum atomic E-state index is -0.319. The molecule has 0 aliphatic carbocycles. The predicted octanol–water partition coefficient (Wildman–Crippen LogP) is 3.57. The van der Waals surface area contributed by atoms with Gasteiger partial charge in [-0.2, -0.15) is 0 Å². The van der Waals surface area contributed by atoms with E-state index in [1.54, 1.807) is 24.4 Å². The number of aryl methyl sites for hydroxylation is 1. The van der Waals surface area contributed by atoms with Gasteiger partial charge in [-0.1, -0.05) is 23.7 Å². The van der Waals surface area contributed by atoms with Gasteiger partial charge in [-0.15, -0.1) is 0 Å². The highest BCUT2D eigenvalue weighted by Crippen LogP contribution is 2.10. The fourth-order valence-electron chi connectivity index (χ4n) is 1.65. The molecule has 0 fully saturated rings. The lowest BCUT2D eigenvalue weighted by Crippen LogP contribution is -2.33. The molecule has 2 N–H and O–H groups in total. The fourth-order valence-corrected chi connectivity index (χ4v) is 1.98. The van der Waals surface area contributed by atoms with Crippen molar-refractivity contribution in [3.05, 3.63) is 64.8 Å². The Morgan fingerprint density at radius 3 is 2.68 bits per heavy atom. The number of pyridine rings is 1. The monoisotopic (exact) mass is 331 g/mol. The van der Waals surface area contributed by atoms with Crippen LogP contribution in [0.15, 0.2) is 48.7 Å². The maximum atomic E-state index is 11.8. The summed E-state index contributed by atoms with van der Waals surface area (Å²) < 4.78 is 0. The molecule has 0 aliphatic rings. The number of benzene rings is 1. The van der Waals surface area contributed by atoms with Gasteiger partial charge in [0.15, 0.2) is 5.11 Å². The van der Waals surface area contributed by atoms with Crippen LogP contribution in [0.2, 0.25) is 5.02 Å². The Kier molecular flexibility index (Phi) is 5.63. The summed E-state index contributed by atoms with van der Waals surface area (Å²) >= 11 is 10.9. The van der Waals surface area contributed by atoms with Crippen molar-refractivity contribution in [3.8, 4) is 0 Å². The van der Waals surface area contributed by atoms with Gasteiger partial charge in [0, 0.05) is 17.3 Å². The highest BCUT2D eigenvalue weighted by atomic mass is 35.5. The average molecular weight is 332 g/mol. The molecule has 0 saturated carbocycles. The van der Waals surface area contributed by atoms with Crippen molar-refractivity contribution in [1.82, 2.24) is 10.3 Å². The first-order valence-corrected chi connectivity index (χ1v) is 7.30. The van der Waals surface area contributed by atoms with Crippen molar-refractivity contribution < 1.29 is 4.79 Å². The Bertz CT molecular complexity index is 714. The fraction of sp³-hybridized carbons (Fsp3) is 0.0625. The van der Waals surface area contributed by atoms with E-state index in [-0.39, 0.29) is 11.0 Å². The summed E-state index contributed by atoms with van der Waals surface area (Å²) in [4.78, 5) is 15.9. The van der Waals surface area contributed by atoms with E-state index >= 15 is 0 Å². The highest BCUT2D eigenvalue weighted by Gasteiger charge is 2.02. The lowest BCUT2D eigenvalue weighted by Gasteiger charge is -2.07. The summed E-state index contributed by atoms with van der Waals surface area (Å²) in [5.41, 5.74) is 1.92. The number of carbonyl (C=O) groups excluding carboxylic acids is 1. The van der Waals surface area contributed by atoms with Gasteiger partial charge in [0.05, 0.1) is 0 Å². The second-order valence-corrected chi connectivity index (χ2v) is 5.39. The van der Waals surface area contributed by atoms with E-state index in [4.69, 9.17) is 23.8 Å². The SMILES string of the molecule is Cc1ccnc(NC(=S)NC(=O)/C=C/c2ccc(Cl)cc2)c1. The van der Waals surface area contributed by atoms with Crippen LogP contribution in [0.25, 0.3) is 6.08 Å². The third kappa shape index (κ3) is 5.27. The second-order valence-electron chi connectivity index (χ2n) is 4.55. The molecule has 0 atom stereocenters. The summed E-state index contributed by atoms with van der Waals surface area (Å²) in [6.45, 7) is 1.95. The number of amides is 1. The summed E-state index contributed by atoms with van der Waals surface area (Å²) in [5.74, 6) is 0.270. The maximum Gasteiger partial charge on any atom is 0.250 e. The van der Waals surface area contributed by atoms with Crippen LogP contribution in [0.5, 0.6) is 0 Å². The summed E-state index contributed by atoms with van der Waals surface area (Å²) in [7, 11) is 0. The molecule has 0 aliphatic heterocycles. The Hall–Kier alpha value is -2.24. The van der Waals surface area contributed by atoms with Crippen LogP contribution in [-0.2, 0) is 4.79 Å². The van der Waals surface area contributed by atoms with Crippen molar-refractivity contribution in [2.45, 2.75) is 6.92 Å². The number of nitrogens with one attached hydrogen (secondary N) is 2. The van der Waals surface area contributed by atoms with E-state index in [0.717, 1.165) is 11.1 Å². The molecule has 4 nitrogen and oxygen atoms in total. The Labute approximate surface area is 139 Å². The quantitative estimate of drug-likeness (QED) is 0.667. The first-order valence-electron chi connectivity index (χ1n) is 6.51. The van der Waals surface area contributed by atoms with Crippen LogP contribution < -0.4 is 10.6 Å². The molecule has 112 valence electrons. The summed E-state index contributed by atoms with van der Waals surface area (Å²) in [6.07, 6.45) is 4.75. The van der Waals surface area contributed by atoms with Crippen molar-refractivity contribution in [1.29, 1.82) is 0 Å². The average Bonchev–Trinajstić information content (AvgIpc) is 2.46. The molecule has 0 saturated heterocycles. The molecule has 0 spiro atoms. The summed E-state index contributed by atoms with van der Waals surface area (Å²) in [5, 5.41) is 6.26. The highest BCUT2D eigenvalue weighted by molar-refractivity contribution is 7.80. The number of aromatic nitrogens is 1. The lowest BCUT2D eigenvalue weighted by atomic mass is 10.2. The molecule has 2 rings (SSSR count). The zero-order valence-electron chi connectivity index (χ0n) is 11.8. The van der Waals surface area contributed by atoms with Crippen LogP contribution in [0.3, 0.4) is 0 Å². The molecule has 1 amide bonds. The van der Waals surface area contributed by atoms with Gasteiger partial charge in [-0.3, -0.25) is 10.1 Å². The molecule has 1 aromatic carbocycles. The Morgan fingerprint density at radius 1 is 1.27 bits per heavy atom. The number of halogens is 1. The lowest BCUT2D eigenvalue weighted by molar-refractivity contribution is -0.115. The maximum absolute atomic E-state index is 11.8. The van der Waals surface area contributed by atoms with Crippen LogP contribution in [0.4, 0.5) is 5.82 Å². The number of hydrogen-bond donors (Lipinski definition) is 2. The number of anilines is 1. The molecule has 2 aromatic rings. The molecule has 0 unspecified atom stereocenters. The predicted molar refractivity (Wildman–Crippen MR) is 93.8 cm³/mol. The topological polar surface area (TPSA) is 54.0 Å². The van der Waals surface area contributed by atoms with Gasteiger partial charge in [-0.05, 0) is 60.6 Å². The van der Waals surface area contributed by atoms with Gasteiger partial charge in [0.25, 0.3) is 0 Å². The second kappa shape index (κ2) is 7.68. The zero-order chi connectivity index (χ0) is 15.9. The van der Waals surface area contributed by atoms with Gasteiger partial charge in [-0.25, -0.2) is 4.98 Å². The van der Waals surface area contributed by atoms with E-state index in [1.165, 1.54) is 6.08 Å². The van der Waals surface area contributed by atoms with Gasteiger partial charge < -0.3 is 5.32 Å². The van der Waals surface area contributed by atoms with Gasteiger partial charge in [0.2, 0.25) is 5.91 Å². The smallest absolute Gasteiger partial charge is 0.250 e. The Morgan fingerprint density at radius 2 is 2.00 bits per heavy atom. The number of hydrogen-bond acceptors (Lipinski definition) is 3. The van der Waals surface area contributed by atoms with E-state index in [9.17, 15) is 4.79 Å². The van der Waals surface area contributed by atoms with Crippen molar-refractivity contribution in [2.75, 3.05) is 5.32 Å². The van der Waals surface area contributed by atoms with Gasteiger partial charge >= 0.3 is 0 Å². The van der Waals surface area contributed by atoms with E-state index in [0.29, 0.717) is 10.8 Å². The third-order valence-electron chi connectivity index (χ3n) is 2.69. The van der Waals surface area contributed by atoms with E-state index in [1.807, 2.05) is 31.2 Å². The van der Waals surface area contributed by atoms with Crippen LogP contribution in [-0.4, -0.2) is 16.0 Å². The van der Waals surface area contributed by atoms with Gasteiger partial charge in [0.1, 0.15) is 5.82 Å².